The number of ketones is 1. The van der Waals surface area contributed by atoms with E-state index in [1.807, 2.05) is 30.3 Å². The maximum Gasteiger partial charge on any atom is 0.320 e. The molecule has 4 heteroatoms. The Morgan fingerprint density at radius 3 is 2.50 bits per heavy atom. The Kier molecular flexibility index (Phi) is 4.66. The van der Waals surface area contributed by atoms with Crippen molar-refractivity contribution in [2.24, 2.45) is 0 Å². The number of rotatable bonds is 6. The van der Waals surface area contributed by atoms with Gasteiger partial charge in [0.25, 0.3) is 0 Å². The SMILES string of the molecule is C[C@H](NCC(=O)Cc1ccccc1)C(=O)O. The summed E-state index contributed by atoms with van der Waals surface area (Å²) < 4.78 is 0. The molecule has 0 saturated carbocycles. The van der Waals surface area contributed by atoms with Crippen LogP contribution in [0.15, 0.2) is 30.3 Å². The van der Waals surface area contributed by atoms with Gasteiger partial charge >= 0.3 is 5.97 Å². The number of Topliss-reactive ketones (excluding diaryl/α,β-unsaturated/α-hetero) is 1. The quantitative estimate of drug-likeness (QED) is 0.747. The molecule has 0 aliphatic carbocycles. The normalized spacial score (nSPS) is 12.1. The highest BCUT2D eigenvalue weighted by Crippen LogP contribution is 1.99. The molecule has 0 aliphatic heterocycles. The largest absolute Gasteiger partial charge is 0.480 e. The second kappa shape index (κ2) is 6.02. The second-order valence-corrected chi connectivity index (χ2v) is 3.64. The molecule has 0 radical (unpaired) electrons. The van der Waals surface area contributed by atoms with Crippen LogP contribution in [0.3, 0.4) is 0 Å². The summed E-state index contributed by atoms with van der Waals surface area (Å²) in [6, 6.07) is 8.68. The van der Waals surface area contributed by atoms with E-state index in [9.17, 15) is 9.59 Å². The van der Waals surface area contributed by atoms with Gasteiger partial charge in [-0.05, 0) is 12.5 Å². The molecule has 86 valence electrons. The van der Waals surface area contributed by atoms with Gasteiger partial charge in [-0.15, -0.1) is 0 Å². The molecule has 0 bridgehead atoms. The van der Waals surface area contributed by atoms with Crippen LogP contribution in [0.1, 0.15) is 12.5 Å². The number of carbonyl (C=O) groups excluding carboxylic acids is 1. The van der Waals surface area contributed by atoms with Crippen molar-refractivity contribution < 1.29 is 14.7 Å². The average molecular weight is 221 g/mol. The van der Waals surface area contributed by atoms with Crippen LogP contribution < -0.4 is 5.32 Å². The molecule has 0 aliphatic rings. The summed E-state index contributed by atoms with van der Waals surface area (Å²) >= 11 is 0. The number of carboxylic acids is 1. The van der Waals surface area contributed by atoms with E-state index in [4.69, 9.17) is 5.11 Å². The lowest BCUT2D eigenvalue weighted by Crippen LogP contribution is -2.37. The van der Waals surface area contributed by atoms with Crippen LogP contribution in [0, 0.1) is 0 Å². The first-order chi connectivity index (χ1) is 7.59. The van der Waals surface area contributed by atoms with Crippen molar-refractivity contribution in [2.45, 2.75) is 19.4 Å². The molecule has 1 atom stereocenters. The highest BCUT2D eigenvalue weighted by atomic mass is 16.4. The number of hydrogen-bond acceptors (Lipinski definition) is 3. The van der Waals surface area contributed by atoms with Crippen molar-refractivity contribution >= 4 is 11.8 Å². The number of carboxylic acid groups (broad SMARTS) is 1. The van der Waals surface area contributed by atoms with E-state index in [2.05, 4.69) is 5.32 Å². The molecule has 1 aromatic carbocycles. The third-order valence-corrected chi connectivity index (χ3v) is 2.22. The maximum atomic E-state index is 11.5. The van der Waals surface area contributed by atoms with E-state index in [1.54, 1.807) is 0 Å². The highest BCUT2D eigenvalue weighted by Gasteiger charge is 2.11. The number of benzene rings is 1. The van der Waals surface area contributed by atoms with Crippen molar-refractivity contribution in [3.8, 4) is 0 Å². The third kappa shape index (κ3) is 4.23. The van der Waals surface area contributed by atoms with Crippen LogP contribution >= 0.6 is 0 Å². The number of nitrogens with one attached hydrogen (secondary N) is 1. The molecular weight excluding hydrogens is 206 g/mol. The van der Waals surface area contributed by atoms with E-state index < -0.39 is 12.0 Å². The molecule has 1 aromatic rings. The Balaban J connectivity index is 2.35. The first-order valence-electron chi connectivity index (χ1n) is 5.11. The fourth-order valence-corrected chi connectivity index (χ4v) is 1.24. The van der Waals surface area contributed by atoms with E-state index in [1.165, 1.54) is 6.92 Å². The Hall–Kier alpha value is -1.68. The molecule has 16 heavy (non-hydrogen) atoms. The van der Waals surface area contributed by atoms with E-state index in [0.29, 0.717) is 6.42 Å². The maximum absolute atomic E-state index is 11.5. The van der Waals surface area contributed by atoms with Gasteiger partial charge in [-0.2, -0.15) is 0 Å². The highest BCUT2D eigenvalue weighted by molar-refractivity contribution is 5.83. The van der Waals surface area contributed by atoms with Crippen LogP contribution in [0.25, 0.3) is 0 Å². The zero-order valence-corrected chi connectivity index (χ0v) is 9.14. The summed E-state index contributed by atoms with van der Waals surface area (Å²) in [4.78, 5) is 22.0. The Labute approximate surface area is 94.3 Å². The van der Waals surface area contributed by atoms with Crippen LogP contribution in [0.4, 0.5) is 0 Å². The Morgan fingerprint density at radius 1 is 1.31 bits per heavy atom. The molecule has 2 N–H and O–H groups in total. The zero-order valence-electron chi connectivity index (χ0n) is 9.14. The lowest BCUT2D eigenvalue weighted by molar-refractivity contribution is -0.139. The molecule has 0 unspecified atom stereocenters. The van der Waals surface area contributed by atoms with Gasteiger partial charge in [0, 0.05) is 6.42 Å². The molecule has 0 saturated heterocycles. The van der Waals surface area contributed by atoms with Crippen LogP contribution in [-0.2, 0) is 16.0 Å². The second-order valence-electron chi connectivity index (χ2n) is 3.64. The van der Waals surface area contributed by atoms with E-state index in [-0.39, 0.29) is 12.3 Å². The van der Waals surface area contributed by atoms with Gasteiger partial charge < -0.3 is 5.11 Å². The molecule has 0 amide bonds. The minimum atomic E-state index is -0.951. The molecule has 0 aromatic heterocycles. The third-order valence-electron chi connectivity index (χ3n) is 2.22. The van der Waals surface area contributed by atoms with Crippen molar-refractivity contribution in [1.29, 1.82) is 0 Å². The molecule has 0 heterocycles. The minimum absolute atomic E-state index is 0.0145. The summed E-state index contributed by atoms with van der Waals surface area (Å²) in [5, 5.41) is 11.3. The van der Waals surface area contributed by atoms with Gasteiger partial charge in [-0.1, -0.05) is 30.3 Å². The summed E-state index contributed by atoms with van der Waals surface area (Å²) in [5.41, 5.74) is 0.942. The van der Waals surface area contributed by atoms with Crippen LogP contribution in [-0.4, -0.2) is 29.4 Å². The summed E-state index contributed by atoms with van der Waals surface area (Å²) in [6.45, 7) is 1.60. The van der Waals surface area contributed by atoms with Crippen molar-refractivity contribution in [3.63, 3.8) is 0 Å². The smallest absolute Gasteiger partial charge is 0.320 e. The van der Waals surface area contributed by atoms with Crippen molar-refractivity contribution in [3.05, 3.63) is 35.9 Å². The van der Waals surface area contributed by atoms with Gasteiger partial charge in [-0.3, -0.25) is 14.9 Å². The standard InChI is InChI=1S/C12H15NO3/c1-9(12(15)16)13-8-11(14)7-10-5-3-2-4-6-10/h2-6,9,13H,7-8H2,1H3,(H,15,16)/t9-/m0/s1. The molecule has 1 rings (SSSR count). The molecule has 4 nitrogen and oxygen atoms in total. The van der Waals surface area contributed by atoms with Crippen molar-refractivity contribution in [2.75, 3.05) is 6.54 Å². The fourth-order valence-electron chi connectivity index (χ4n) is 1.24. The van der Waals surface area contributed by atoms with Gasteiger partial charge in [0.05, 0.1) is 6.54 Å². The number of aliphatic carboxylic acids is 1. The summed E-state index contributed by atoms with van der Waals surface area (Å²) in [7, 11) is 0. The lowest BCUT2D eigenvalue weighted by atomic mass is 10.1. The van der Waals surface area contributed by atoms with Gasteiger partial charge in [0.1, 0.15) is 6.04 Å². The fraction of sp³-hybridized carbons (Fsp3) is 0.333. The molecule has 0 spiro atoms. The first-order valence-corrected chi connectivity index (χ1v) is 5.11. The number of carbonyl (C=O) groups is 2. The van der Waals surface area contributed by atoms with E-state index >= 15 is 0 Å². The predicted molar refractivity (Wildman–Crippen MR) is 60.3 cm³/mol. The summed E-state index contributed by atoms with van der Waals surface area (Å²) in [6.07, 6.45) is 0.334. The topological polar surface area (TPSA) is 66.4 Å². The van der Waals surface area contributed by atoms with Crippen LogP contribution in [0.2, 0.25) is 0 Å². The number of hydrogen-bond donors (Lipinski definition) is 2. The molecular formula is C12H15NO3. The van der Waals surface area contributed by atoms with Gasteiger partial charge in [0.2, 0.25) is 0 Å². The Bertz CT molecular complexity index is 362. The summed E-state index contributed by atoms with van der Waals surface area (Å²) in [5.74, 6) is -0.966. The van der Waals surface area contributed by atoms with Gasteiger partial charge in [-0.25, -0.2) is 0 Å². The van der Waals surface area contributed by atoms with Crippen molar-refractivity contribution in [1.82, 2.24) is 5.32 Å². The average Bonchev–Trinajstić information content (AvgIpc) is 2.27. The van der Waals surface area contributed by atoms with Crippen LogP contribution in [0.5, 0.6) is 0 Å². The monoisotopic (exact) mass is 221 g/mol. The minimum Gasteiger partial charge on any atom is -0.480 e. The van der Waals surface area contributed by atoms with Gasteiger partial charge in [0.15, 0.2) is 5.78 Å². The van der Waals surface area contributed by atoms with E-state index in [0.717, 1.165) is 5.56 Å². The first kappa shape index (κ1) is 12.4. The predicted octanol–water partition coefficient (Wildman–Crippen LogP) is 0.861. The lowest BCUT2D eigenvalue weighted by Gasteiger charge is -2.07. The Morgan fingerprint density at radius 2 is 1.94 bits per heavy atom. The zero-order chi connectivity index (χ0) is 12.0. The molecule has 0 fully saturated rings.